The molecule has 1 saturated heterocycles. The summed E-state index contributed by atoms with van der Waals surface area (Å²) in [6.07, 6.45) is 1.69. The second-order valence-corrected chi connectivity index (χ2v) is 6.35. The van der Waals surface area contributed by atoms with Crippen LogP contribution in [0.4, 0.5) is 22.7 Å². The molecule has 0 spiro atoms. The third kappa shape index (κ3) is 3.68. The standard InChI is InChI=1S/C20H20N4O3/c25-19-17(22-13-15-3-1-2-8-21-15)18(20(19)26)23-14-4-6-16(7-5-14)24-9-11-27-12-10-24/h1-8,22-23H,9-13H2. The van der Waals surface area contributed by atoms with Crippen molar-refractivity contribution in [1.82, 2.24) is 4.98 Å². The second kappa shape index (κ2) is 7.59. The fourth-order valence-electron chi connectivity index (χ4n) is 3.08. The maximum atomic E-state index is 12.0. The molecule has 2 N–H and O–H groups in total. The second-order valence-electron chi connectivity index (χ2n) is 6.35. The SMILES string of the molecule is O=c1c(NCc2ccccn2)c(Nc2ccc(N3CCOCC3)cc2)c1=O. The molecule has 0 atom stereocenters. The van der Waals surface area contributed by atoms with E-state index in [1.807, 2.05) is 42.5 Å². The Balaban J connectivity index is 1.44. The van der Waals surface area contributed by atoms with Gasteiger partial charge < -0.3 is 20.3 Å². The number of morpholine rings is 1. The van der Waals surface area contributed by atoms with Crippen LogP contribution in [-0.2, 0) is 11.3 Å². The van der Waals surface area contributed by atoms with E-state index in [2.05, 4.69) is 20.5 Å². The van der Waals surface area contributed by atoms with Gasteiger partial charge in [-0.2, -0.15) is 0 Å². The Morgan fingerprint density at radius 3 is 2.41 bits per heavy atom. The number of nitrogens with one attached hydrogen (secondary N) is 2. The molecule has 2 heterocycles. The number of pyridine rings is 1. The first-order chi connectivity index (χ1) is 13.2. The van der Waals surface area contributed by atoms with Crippen molar-refractivity contribution in [1.29, 1.82) is 0 Å². The van der Waals surface area contributed by atoms with Crippen LogP contribution in [0.15, 0.2) is 58.3 Å². The number of nitrogens with zero attached hydrogens (tertiary/aromatic N) is 2. The summed E-state index contributed by atoms with van der Waals surface area (Å²) in [5.74, 6) is 0. The van der Waals surface area contributed by atoms with Crippen molar-refractivity contribution >= 4 is 22.7 Å². The maximum absolute atomic E-state index is 12.0. The first-order valence-corrected chi connectivity index (χ1v) is 8.89. The lowest BCUT2D eigenvalue weighted by molar-refractivity contribution is 0.122. The molecule has 0 saturated carbocycles. The zero-order chi connectivity index (χ0) is 18.6. The monoisotopic (exact) mass is 364 g/mol. The van der Waals surface area contributed by atoms with Gasteiger partial charge in [0.05, 0.1) is 25.5 Å². The molecule has 4 rings (SSSR count). The number of ether oxygens (including phenoxy) is 1. The van der Waals surface area contributed by atoms with E-state index >= 15 is 0 Å². The van der Waals surface area contributed by atoms with Crippen molar-refractivity contribution in [2.45, 2.75) is 6.54 Å². The fourth-order valence-corrected chi connectivity index (χ4v) is 3.08. The van der Waals surface area contributed by atoms with Crippen molar-refractivity contribution in [2.75, 3.05) is 41.8 Å². The molecule has 1 aliphatic rings. The summed E-state index contributed by atoms with van der Waals surface area (Å²) in [5, 5.41) is 6.07. The third-order valence-corrected chi connectivity index (χ3v) is 4.60. The Bertz CT molecular complexity index is 973. The van der Waals surface area contributed by atoms with Crippen LogP contribution in [0.25, 0.3) is 0 Å². The van der Waals surface area contributed by atoms with E-state index in [1.54, 1.807) is 6.20 Å². The van der Waals surface area contributed by atoms with E-state index in [0.717, 1.165) is 43.4 Å². The number of anilines is 4. The van der Waals surface area contributed by atoms with E-state index < -0.39 is 10.9 Å². The summed E-state index contributed by atoms with van der Waals surface area (Å²) in [6.45, 7) is 3.58. The highest BCUT2D eigenvalue weighted by atomic mass is 16.5. The average molecular weight is 364 g/mol. The number of hydrogen-bond donors (Lipinski definition) is 2. The summed E-state index contributed by atoms with van der Waals surface area (Å²) >= 11 is 0. The lowest BCUT2D eigenvalue weighted by Crippen LogP contribution is -2.36. The molecule has 138 valence electrons. The van der Waals surface area contributed by atoms with E-state index in [1.165, 1.54) is 0 Å². The van der Waals surface area contributed by atoms with Crippen LogP contribution in [-0.4, -0.2) is 31.3 Å². The third-order valence-electron chi connectivity index (χ3n) is 4.60. The first-order valence-electron chi connectivity index (χ1n) is 8.89. The van der Waals surface area contributed by atoms with Crippen LogP contribution >= 0.6 is 0 Å². The van der Waals surface area contributed by atoms with Gasteiger partial charge in [-0.15, -0.1) is 0 Å². The normalized spacial score (nSPS) is 14.3. The molecular formula is C20H20N4O3. The zero-order valence-corrected chi connectivity index (χ0v) is 14.8. The Hall–Kier alpha value is -3.19. The highest BCUT2D eigenvalue weighted by Gasteiger charge is 2.21. The Kier molecular flexibility index (Phi) is 4.84. The number of aromatic nitrogens is 1. The summed E-state index contributed by atoms with van der Waals surface area (Å²) in [6, 6.07) is 13.4. The topological polar surface area (TPSA) is 83.6 Å². The smallest absolute Gasteiger partial charge is 0.253 e. The molecule has 0 unspecified atom stereocenters. The highest BCUT2D eigenvalue weighted by molar-refractivity contribution is 5.79. The molecule has 1 aliphatic heterocycles. The van der Waals surface area contributed by atoms with Crippen LogP contribution in [0.3, 0.4) is 0 Å². The fraction of sp³-hybridized carbons (Fsp3) is 0.250. The predicted molar refractivity (Wildman–Crippen MR) is 106 cm³/mol. The van der Waals surface area contributed by atoms with Crippen LogP contribution < -0.4 is 26.4 Å². The van der Waals surface area contributed by atoms with E-state index in [-0.39, 0.29) is 0 Å². The largest absolute Gasteiger partial charge is 0.378 e. The molecule has 2 aromatic carbocycles. The van der Waals surface area contributed by atoms with Crippen molar-refractivity contribution in [3.8, 4) is 0 Å². The summed E-state index contributed by atoms with van der Waals surface area (Å²) < 4.78 is 5.37. The van der Waals surface area contributed by atoms with Gasteiger partial charge in [0, 0.05) is 30.7 Å². The molecule has 1 aromatic heterocycles. The minimum Gasteiger partial charge on any atom is -0.378 e. The number of rotatable bonds is 6. The molecule has 0 radical (unpaired) electrons. The van der Waals surface area contributed by atoms with Gasteiger partial charge in [-0.05, 0) is 36.4 Å². The molecular weight excluding hydrogens is 344 g/mol. The van der Waals surface area contributed by atoms with Gasteiger partial charge in [-0.1, -0.05) is 6.07 Å². The van der Waals surface area contributed by atoms with Gasteiger partial charge in [0.2, 0.25) is 0 Å². The Morgan fingerprint density at radius 2 is 1.70 bits per heavy atom. The quantitative estimate of drug-likeness (QED) is 0.646. The summed E-state index contributed by atoms with van der Waals surface area (Å²) in [7, 11) is 0. The first kappa shape index (κ1) is 17.2. The van der Waals surface area contributed by atoms with E-state index in [9.17, 15) is 9.59 Å². The summed E-state index contributed by atoms with van der Waals surface area (Å²) in [4.78, 5) is 30.3. The van der Waals surface area contributed by atoms with Crippen molar-refractivity contribution in [2.24, 2.45) is 0 Å². The molecule has 7 heteroatoms. The van der Waals surface area contributed by atoms with Crippen LogP contribution in [0.5, 0.6) is 0 Å². The lowest BCUT2D eigenvalue weighted by Gasteiger charge is -2.29. The van der Waals surface area contributed by atoms with Gasteiger partial charge in [0.25, 0.3) is 10.9 Å². The predicted octanol–water partition coefficient (Wildman–Crippen LogP) is 1.87. The minimum atomic E-state index is -0.504. The Labute approximate surface area is 156 Å². The van der Waals surface area contributed by atoms with Crippen LogP contribution in [0.1, 0.15) is 5.69 Å². The Morgan fingerprint density at radius 1 is 0.963 bits per heavy atom. The van der Waals surface area contributed by atoms with E-state index in [0.29, 0.717) is 17.9 Å². The highest BCUT2D eigenvalue weighted by Crippen LogP contribution is 2.24. The molecule has 0 aliphatic carbocycles. The zero-order valence-electron chi connectivity index (χ0n) is 14.8. The molecule has 1 fully saturated rings. The van der Waals surface area contributed by atoms with Gasteiger partial charge in [-0.3, -0.25) is 14.6 Å². The molecule has 0 bridgehead atoms. The number of benzene rings is 1. The van der Waals surface area contributed by atoms with Crippen LogP contribution in [0, 0.1) is 0 Å². The minimum absolute atomic E-state index is 0.301. The van der Waals surface area contributed by atoms with Crippen molar-refractivity contribution < 1.29 is 4.74 Å². The molecule has 7 nitrogen and oxygen atoms in total. The lowest BCUT2D eigenvalue weighted by atomic mass is 10.1. The van der Waals surface area contributed by atoms with Crippen LogP contribution in [0.2, 0.25) is 0 Å². The molecule has 27 heavy (non-hydrogen) atoms. The van der Waals surface area contributed by atoms with Gasteiger partial charge in [-0.25, -0.2) is 0 Å². The van der Waals surface area contributed by atoms with Crippen molar-refractivity contribution in [3.05, 3.63) is 74.8 Å². The maximum Gasteiger partial charge on any atom is 0.253 e. The molecule has 3 aromatic rings. The summed E-state index contributed by atoms with van der Waals surface area (Å²) in [5.41, 5.74) is 2.28. The van der Waals surface area contributed by atoms with Crippen molar-refractivity contribution in [3.63, 3.8) is 0 Å². The van der Waals surface area contributed by atoms with Gasteiger partial charge >= 0.3 is 0 Å². The van der Waals surface area contributed by atoms with E-state index in [4.69, 9.17) is 4.74 Å². The van der Waals surface area contributed by atoms with Gasteiger partial charge in [0.1, 0.15) is 11.4 Å². The molecule has 0 amide bonds. The number of hydrogen-bond acceptors (Lipinski definition) is 7. The average Bonchev–Trinajstić information content (AvgIpc) is 2.74. The van der Waals surface area contributed by atoms with Gasteiger partial charge in [0.15, 0.2) is 0 Å².